The Balaban J connectivity index is 1.68. The van der Waals surface area contributed by atoms with Gasteiger partial charge in [0, 0.05) is 35.9 Å². The van der Waals surface area contributed by atoms with Gasteiger partial charge in [0.1, 0.15) is 5.69 Å². The normalized spacial score (nSPS) is 10.1. The molecule has 3 N–H and O–H groups in total. The molecule has 0 radical (unpaired) electrons. The highest BCUT2D eigenvalue weighted by Crippen LogP contribution is 2.20. The van der Waals surface area contributed by atoms with Gasteiger partial charge in [-0.25, -0.2) is 0 Å². The van der Waals surface area contributed by atoms with Crippen molar-refractivity contribution in [2.45, 2.75) is 13.8 Å². The molecule has 1 heterocycles. The van der Waals surface area contributed by atoms with Crippen LogP contribution in [0.15, 0.2) is 66.9 Å². The molecule has 0 fully saturated rings. The number of carbonyl (C=O) groups is 2. The fraction of sp³-hybridized carbons (Fsp3) is 0.0952. The fourth-order valence-electron chi connectivity index (χ4n) is 2.47. The van der Waals surface area contributed by atoms with Gasteiger partial charge in [0.05, 0.1) is 0 Å². The van der Waals surface area contributed by atoms with E-state index < -0.39 is 0 Å². The van der Waals surface area contributed by atoms with Crippen LogP contribution in [0.4, 0.5) is 22.7 Å². The van der Waals surface area contributed by atoms with Crippen molar-refractivity contribution in [3.63, 3.8) is 0 Å². The molecule has 136 valence electrons. The van der Waals surface area contributed by atoms with E-state index in [-0.39, 0.29) is 11.8 Å². The quantitative estimate of drug-likeness (QED) is 0.632. The second-order valence-electron chi connectivity index (χ2n) is 6.13. The number of aryl methyl sites for hydroxylation is 1. The van der Waals surface area contributed by atoms with Crippen molar-refractivity contribution in [2.24, 2.45) is 0 Å². The van der Waals surface area contributed by atoms with Gasteiger partial charge in [0.25, 0.3) is 5.91 Å². The molecule has 0 aliphatic carbocycles. The topological polar surface area (TPSA) is 83.1 Å². The minimum absolute atomic E-state index is 0.117. The molecule has 0 aliphatic rings. The summed E-state index contributed by atoms with van der Waals surface area (Å²) in [5.41, 5.74) is 4.46. The first-order valence-corrected chi connectivity index (χ1v) is 8.48. The predicted molar refractivity (Wildman–Crippen MR) is 107 cm³/mol. The molecule has 27 heavy (non-hydrogen) atoms. The first kappa shape index (κ1) is 18.1. The van der Waals surface area contributed by atoms with E-state index in [1.807, 2.05) is 43.3 Å². The molecular formula is C21H20N4O2. The van der Waals surface area contributed by atoms with Crippen LogP contribution >= 0.6 is 0 Å². The Morgan fingerprint density at radius 1 is 0.778 bits per heavy atom. The van der Waals surface area contributed by atoms with Gasteiger partial charge < -0.3 is 16.0 Å². The number of hydrogen-bond acceptors (Lipinski definition) is 4. The maximum Gasteiger partial charge on any atom is 0.274 e. The van der Waals surface area contributed by atoms with Crippen LogP contribution in [0.25, 0.3) is 0 Å². The molecule has 0 atom stereocenters. The van der Waals surface area contributed by atoms with Crippen LogP contribution < -0.4 is 16.0 Å². The summed E-state index contributed by atoms with van der Waals surface area (Å²) in [5, 5.41) is 8.77. The highest BCUT2D eigenvalue weighted by Gasteiger charge is 2.09. The lowest BCUT2D eigenvalue weighted by Crippen LogP contribution is -2.13. The molecule has 0 aliphatic heterocycles. The number of aromatic nitrogens is 1. The molecule has 3 rings (SSSR count). The van der Waals surface area contributed by atoms with Crippen molar-refractivity contribution >= 4 is 34.6 Å². The number of benzene rings is 2. The van der Waals surface area contributed by atoms with E-state index >= 15 is 0 Å². The van der Waals surface area contributed by atoms with Crippen LogP contribution in [0.5, 0.6) is 0 Å². The van der Waals surface area contributed by atoms with Crippen LogP contribution in [0.2, 0.25) is 0 Å². The maximum atomic E-state index is 12.4. The Morgan fingerprint density at radius 2 is 1.37 bits per heavy atom. The Hall–Kier alpha value is -3.67. The summed E-state index contributed by atoms with van der Waals surface area (Å²) in [6, 6.07) is 18.3. The third-order valence-corrected chi connectivity index (χ3v) is 3.80. The van der Waals surface area contributed by atoms with E-state index in [2.05, 4.69) is 20.9 Å². The SMILES string of the molecule is CC(=O)Nc1ccc(Nc2ccnc(C(=O)Nc3ccc(C)cc3)c2)cc1. The van der Waals surface area contributed by atoms with Crippen LogP contribution in [-0.4, -0.2) is 16.8 Å². The zero-order chi connectivity index (χ0) is 19.2. The Bertz CT molecular complexity index is 951. The molecular weight excluding hydrogens is 340 g/mol. The van der Waals surface area contributed by atoms with Gasteiger partial charge in [-0.05, 0) is 55.5 Å². The fourth-order valence-corrected chi connectivity index (χ4v) is 2.47. The first-order chi connectivity index (χ1) is 13.0. The largest absolute Gasteiger partial charge is 0.355 e. The third kappa shape index (κ3) is 5.15. The van der Waals surface area contributed by atoms with Gasteiger partial charge in [0.2, 0.25) is 5.91 Å². The van der Waals surface area contributed by atoms with Crippen molar-refractivity contribution in [3.8, 4) is 0 Å². The van der Waals surface area contributed by atoms with E-state index in [0.29, 0.717) is 5.69 Å². The van der Waals surface area contributed by atoms with Crippen LogP contribution in [0.3, 0.4) is 0 Å². The number of rotatable bonds is 5. The monoisotopic (exact) mass is 360 g/mol. The summed E-state index contributed by atoms with van der Waals surface area (Å²) in [6.45, 7) is 3.46. The van der Waals surface area contributed by atoms with Crippen LogP contribution in [0.1, 0.15) is 23.0 Å². The van der Waals surface area contributed by atoms with Gasteiger partial charge in [-0.3, -0.25) is 14.6 Å². The maximum absolute atomic E-state index is 12.4. The van der Waals surface area contributed by atoms with Crippen molar-refractivity contribution in [3.05, 3.63) is 78.1 Å². The lowest BCUT2D eigenvalue weighted by Gasteiger charge is -2.10. The number of nitrogens with zero attached hydrogens (tertiary/aromatic N) is 1. The minimum atomic E-state index is -0.275. The van der Waals surface area contributed by atoms with Gasteiger partial charge in [0.15, 0.2) is 0 Å². The van der Waals surface area contributed by atoms with Gasteiger partial charge in [-0.15, -0.1) is 0 Å². The van der Waals surface area contributed by atoms with Gasteiger partial charge in [-0.2, -0.15) is 0 Å². The zero-order valence-corrected chi connectivity index (χ0v) is 15.1. The van der Waals surface area contributed by atoms with Crippen LogP contribution in [-0.2, 0) is 4.79 Å². The molecule has 0 bridgehead atoms. The second-order valence-corrected chi connectivity index (χ2v) is 6.13. The molecule has 3 aromatic rings. The standard InChI is InChI=1S/C21H20N4O2/c1-14-3-5-18(6-4-14)25-21(27)20-13-19(11-12-22-20)24-17-9-7-16(8-10-17)23-15(2)26/h3-13H,1-2H3,(H,22,24)(H,23,26)(H,25,27). The summed E-state index contributed by atoms with van der Waals surface area (Å²) in [6.07, 6.45) is 1.58. The van der Waals surface area contributed by atoms with E-state index in [1.54, 1.807) is 30.5 Å². The zero-order valence-electron chi connectivity index (χ0n) is 15.1. The molecule has 2 aromatic carbocycles. The van der Waals surface area contributed by atoms with Crippen molar-refractivity contribution in [1.82, 2.24) is 4.98 Å². The van der Waals surface area contributed by atoms with Gasteiger partial charge in [-0.1, -0.05) is 17.7 Å². The number of hydrogen-bond donors (Lipinski definition) is 3. The van der Waals surface area contributed by atoms with E-state index in [1.165, 1.54) is 6.92 Å². The lowest BCUT2D eigenvalue weighted by atomic mass is 10.2. The summed E-state index contributed by atoms with van der Waals surface area (Å²) in [4.78, 5) is 27.6. The highest BCUT2D eigenvalue weighted by atomic mass is 16.2. The Kier molecular flexibility index (Phi) is 5.47. The molecule has 0 spiro atoms. The average molecular weight is 360 g/mol. The molecule has 1 aromatic heterocycles. The number of pyridine rings is 1. The van der Waals surface area contributed by atoms with Crippen LogP contribution in [0, 0.1) is 6.92 Å². The molecule has 0 saturated carbocycles. The van der Waals surface area contributed by atoms with E-state index in [4.69, 9.17) is 0 Å². The molecule has 6 nitrogen and oxygen atoms in total. The third-order valence-electron chi connectivity index (χ3n) is 3.80. The first-order valence-electron chi connectivity index (χ1n) is 8.48. The smallest absolute Gasteiger partial charge is 0.274 e. The van der Waals surface area contributed by atoms with Crippen molar-refractivity contribution in [1.29, 1.82) is 0 Å². The van der Waals surface area contributed by atoms with Crippen molar-refractivity contribution < 1.29 is 9.59 Å². The van der Waals surface area contributed by atoms with E-state index in [0.717, 1.165) is 28.3 Å². The summed E-state index contributed by atoms with van der Waals surface area (Å²) < 4.78 is 0. The number of amides is 2. The summed E-state index contributed by atoms with van der Waals surface area (Å²) in [7, 11) is 0. The molecule has 2 amide bonds. The molecule has 0 unspecified atom stereocenters. The van der Waals surface area contributed by atoms with Crippen molar-refractivity contribution in [2.75, 3.05) is 16.0 Å². The predicted octanol–water partition coefficient (Wildman–Crippen LogP) is 4.34. The van der Waals surface area contributed by atoms with E-state index in [9.17, 15) is 9.59 Å². The minimum Gasteiger partial charge on any atom is -0.355 e. The number of carbonyl (C=O) groups excluding carboxylic acids is 2. The highest BCUT2D eigenvalue weighted by molar-refractivity contribution is 6.03. The summed E-state index contributed by atoms with van der Waals surface area (Å²) in [5.74, 6) is -0.391. The molecule has 6 heteroatoms. The molecule has 0 saturated heterocycles. The lowest BCUT2D eigenvalue weighted by molar-refractivity contribution is -0.114. The number of anilines is 4. The van der Waals surface area contributed by atoms with Gasteiger partial charge >= 0.3 is 0 Å². The Labute approximate surface area is 157 Å². The number of nitrogens with one attached hydrogen (secondary N) is 3. The average Bonchev–Trinajstić information content (AvgIpc) is 2.65. The summed E-state index contributed by atoms with van der Waals surface area (Å²) >= 11 is 0. The Morgan fingerprint density at radius 3 is 2.04 bits per heavy atom. The second kappa shape index (κ2) is 8.14.